The molecule has 0 aliphatic rings. The highest BCUT2D eigenvalue weighted by Crippen LogP contribution is 2.24. The summed E-state index contributed by atoms with van der Waals surface area (Å²) < 4.78 is 52.9. The first-order valence-corrected chi connectivity index (χ1v) is 5.53. The van der Waals surface area contributed by atoms with Crippen molar-refractivity contribution in [1.29, 1.82) is 0 Å². The topological polar surface area (TPSA) is 75.6 Å². The van der Waals surface area contributed by atoms with Gasteiger partial charge < -0.3 is 15.2 Å². The van der Waals surface area contributed by atoms with Gasteiger partial charge in [0.05, 0.1) is 5.56 Å². The minimum Gasteiger partial charge on any atom is -0.480 e. The molecule has 0 fully saturated rings. The minimum atomic E-state index is -4.98. The normalized spacial score (nSPS) is 11.9. The largest absolute Gasteiger partial charge is 0.573 e. The van der Waals surface area contributed by atoms with Gasteiger partial charge in [0.1, 0.15) is 17.1 Å². The number of carboxylic acids is 1. The van der Waals surface area contributed by atoms with Gasteiger partial charge >= 0.3 is 12.3 Å². The van der Waals surface area contributed by atoms with E-state index in [4.69, 9.17) is 5.11 Å². The summed E-state index contributed by atoms with van der Waals surface area (Å²) in [6.45, 7) is 2.35. The molecule has 2 N–H and O–H groups in total. The monoisotopic (exact) mass is 309 g/mol. The molecule has 116 valence electrons. The predicted octanol–water partition coefficient (Wildman–Crippen LogP) is 2.32. The number of rotatable bonds is 4. The van der Waals surface area contributed by atoms with Crippen molar-refractivity contribution < 1.29 is 37.0 Å². The van der Waals surface area contributed by atoms with Crippen LogP contribution in [0.3, 0.4) is 0 Å². The van der Waals surface area contributed by atoms with Gasteiger partial charge in [-0.25, -0.2) is 9.18 Å². The van der Waals surface area contributed by atoms with E-state index in [0.717, 1.165) is 12.1 Å². The third kappa shape index (κ3) is 4.62. The van der Waals surface area contributed by atoms with Crippen molar-refractivity contribution in [3.05, 3.63) is 29.6 Å². The first kappa shape index (κ1) is 16.7. The lowest BCUT2D eigenvalue weighted by atomic mass is 10.0. The quantitative estimate of drug-likeness (QED) is 0.837. The molecule has 0 radical (unpaired) electrons. The molecule has 0 saturated carbocycles. The van der Waals surface area contributed by atoms with E-state index in [2.05, 4.69) is 4.74 Å². The lowest BCUT2D eigenvalue weighted by molar-refractivity contribution is -0.274. The van der Waals surface area contributed by atoms with Crippen LogP contribution in [0.2, 0.25) is 0 Å². The van der Waals surface area contributed by atoms with Crippen molar-refractivity contribution >= 4 is 11.9 Å². The van der Waals surface area contributed by atoms with Crippen LogP contribution in [0, 0.1) is 5.82 Å². The van der Waals surface area contributed by atoms with Gasteiger partial charge in [-0.05, 0) is 26.0 Å². The Kier molecular flexibility index (Phi) is 4.45. The average molecular weight is 309 g/mol. The van der Waals surface area contributed by atoms with E-state index in [0.29, 0.717) is 6.07 Å². The fraction of sp³-hybridized carbons (Fsp3) is 0.333. The van der Waals surface area contributed by atoms with Gasteiger partial charge in [0, 0.05) is 6.07 Å². The van der Waals surface area contributed by atoms with E-state index in [1.54, 1.807) is 0 Å². The number of amides is 1. The van der Waals surface area contributed by atoms with Crippen LogP contribution in [0.4, 0.5) is 17.6 Å². The van der Waals surface area contributed by atoms with Gasteiger partial charge in [-0.1, -0.05) is 0 Å². The van der Waals surface area contributed by atoms with Crippen LogP contribution in [-0.2, 0) is 4.79 Å². The Balaban J connectivity index is 2.95. The molecule has 0 unspecified atom stereocenters. The number of nitrogens with one attached hydrogen (secondary N) is 1. The zero-order valence-corrected chi connectivity index (χ0v) is 10.9. The summed E-state index contributed by atoms with van der Waals surface area (Å²) in [4.78, 5) is 22.5. The lowest BCUT2D eigenvalue weighted by Gasteiger charge is -2.21. The van der Waals surface area contributed by atoms with E-state index in [1.807, 2.05) is 5.32 Å². The Morgan fingerprint density at radius 2 is 1.81 bits per heavy atom. The number of benzene rings is 1. The van der Waals surface area contributed by atoms with Gasteiger partial charge in [0.15, 0.2) is 0 Å². The Hall–Kier alpha value is -2.32. The number of aliphatic carboxylic acids is 1. The van der Waals surface area contributed by atoms with Crippen LogP contribution in [0.5, 0.6) is 5.75 Å². The molecule has 0 aliphatic carbocycles. The maximum atomic E-state index is 13.6. The van der Waals surface area contributed by atoms with E-state index in [9.17, 15) is 27.2 Å². The number of alkyl halides is 3. The molecule has 0 bridgehead atoms. The fourth-order valence-electron chi connectivity index (χ4n) is 1.28. The van der Waals surface area contributed by atoms with Gasteiger partial charge in [-0.3, -0.25) is 4.79 Å². The van der Waals surface area contributed by atoms with E-state index in [-0.39, 0.29) is 0 Å². The zero-order chi connectivity index (χ0) is 16.4. The first-order valence-electron chi connectivity index (χ1n) is 5.53. The summed E-state index contributed by atoms with van der Waals surface area (Å²) in [6.07, 6.45) is -4.98. The smallest absolute Gasteiger partial charge is 0.480 e. The Morgan fingerprint density at radius 1 is 1.24 bits per heavy atom. The molecule has 0 aromatic heterocycles. The fourth-order valence-corrected chi connectivity index (χ4v) is 1.28. The van der Waals surface area contributed by atoms with Crippen molar-refractivity contribution in [2.24, 2.45) is 0 Å². The van der Waals surface area contributed by atoms with Crippen molar-refractivity contribution in [1.82, 2.24) is 5.32 Å². The molecular formula is C12H11F4NO4. The molecular weight excluding hydrogens is 298 g/mol. The third-order valence-corrected chi connectivity index (χ3v) is 2.38. The summed E-state index contributed by atoms with van der Waals surface area (Å²) in [5.74, 6) is -4.52. The number of carbonyl (C=O) groups excluding carboxylic acids is 1. The second kappa shape index (κ2) is 5.58. The van der Waals surface area contributed by atoms with Gasteiger partial charge in [-0.2, -0.15) is 0 Å². The molecule has 0 atom stereocenters. The van der Waals surface area contributed by atoms with Crippen LogP contribution in [0.25, 0.3) is 0 Å². The van der Waals surface area contributed by atoms with Gasteiger partial charge in [0.25, 0.3) is 5.91 Å². The third-order valence-electron chi connectivity index (χ3n) is 2.38. The van der Waals surface area contributed by atoms with Gasteiger partial charge in [0.2, 0.25) is 0 Å². The molecule has 0 spiro atoms. The van der Waals surface area contributed by atoms with E-state index >= 15 is 0 Å². The standard InChI is InChI=1S/C12H11F4NO4/c1-11(2,10(19)20)17-9(18)7-4-3-6(5-8(7)13)21-12(14,15)16/h3-5H,1-2H3,(H,17,18)(H,19,20). The van der Waals surface area contributed by atoms with Crippen molar-refractivity contribution in [2.75, 3.05) is 0 Å². The molecule has 1 rings (SSSR count). The number of hydrogen-bond donors (Lipinski definition) is 2. The van der Waals surface area contributed by atoms with Gasteiger partial charge in [-0.15, -0.1) is 13.2 Å². The van der Waals surface area contributed by atoms with Crippen molar-refractivity contribution in [3.63, 3.8) is 0 Å². The van der Waals surface area contributed by atoms with Crippen LogP contribution < -0.4 is 10.1 Å². The Morgan fingerprint density at radius 3 is 2.24 bits per heavy atom. The van der Waals surface area contributed by atoms with E-state index < -0.39 is 40.9 Å². The number of ether oxygens (including phenoxy) is 1. The highest BCUT2D eigenvalue weighted by Gasteiger charge is 2.32. The van der Waals surface area contributed by atoms with Crippen molar-refractivity contribution in [3.8, 4) is 5.75 Å². The van der Waals surface area contributed by atoms with Crippen LogP contribution in [-0.4, -0.2) is 28.9 Å². The molecule has 5 nitrogen and oxygen atoms in total. The minimum absolute atomic E-state index is 0.385. The summed E-state index contributed by atoms with van der Waals surface area (Å²) >= 11 is 0. The molecule has 1 aromatic rings. The second-order valence-corrected chi connectivity index (χ2v) is 4.57. The summed E-state index contributed by atoms with van der Waals surface area (Å²) in [5, 5.41) is 10.9. The highest BCUT2D eigenvalue weighted by molar-refractivity contribution is 5.97. The average Bonchev–Trinajstić information content (AvgIpc) is 2.25. The molecule has 21 heavy (non-hydrogen) atoms. The number of halogens is 4. The lowest BCUT2D eigenvalue weighted by Crippen LogP contribution is -2.49. The number of hydrogen-bond acceptors (Lipinski definition) is 3. The molecule has 0 aliphatic heterocycles. The SMILES string of the molecule is CC(C)(NC(=O)c1ccc(OC(F)(F)F)cc1F)C(=O)O. The highest BCUT2D eigenvalue weighted by atomic mass is 19.4. The first-order chi connectivity index (χ1) is 9.42. The molecule has 0 saturated heterocycles. The van der Waals surface area contributed by atoms with Crippen LogP contribution in [0.15, 0.2) is 18.2 Å². The zero-order valence-electron chi connectivity index (χ0n) is 10.9. The molecule has 0 heterocycles. The predicted molar refractivity (Wildman–Crippen MR) is 62.3 cm³/mol. The summed E-state index contributed by atoms with van der Waals surface area (Å²) in [7, 11) is 0. The Bertz CT molecular complexity index is 569. The summed E-state index contributed by atoms with van der Waals surface area (Å²) in [6, 6.07) is 1.90. The van der Waals surface area contributed by atoms with Crippen LogP contribution >= 0.6 is 0 Å². The number of carbonyl (C=O) groups is 2. The second-order valence-electron chi connectivity index (χ2n) is 4.57. The molecule has 1 amide bonds. The van der Waals surface area contributed by atoms with Crippen LogP contribution in [0.1, 0.15) is 24.2 Å². The van der Waals surface area contributed by atoms with Crippen molar-refractivity contribution in [2.45, 2.75) is 25.7 Å². The Labute approximate surface area is 116 Å². The molecule has 9 heteroatoms. The van der Waals surface area contributed by atoms with E-state index in [1.165, 1.54) is 13.8 Å². The number of carboxylic acid groups (broad SMARTS) is 1. The maximum absolute atomic E-state index is 13.6. The maximum Gasteiger partial charge on any atom is 0.573 e. The summed E-state index contributed by atoms with van der Waals surface area (Å²) in [5.41, 5.74) is -2.26. The molecule has 1 aromatic carbocycles.